The average Bonchev–Trinajstić information content (AvgIpc) is 2.30. The second-order valence-corrected chi connectivity index (χ2v) is 3.91. The number of nitrogens with one attached hydrogen (secondary N) is 1. The van der Waals surface area contributed by atoms with Crippen LogP contribution >= 0.6 is 0 Å². The van der Waals surface area contributed by atoms with Gasteiger partial charge in [0.1, 0.15) is 11.5 Å². The first-order valence-corrected chi connectivity index (χ1v) is 5.29. The minimum Gasteiger partial charge on any atom is -0.380 e. The van der Waals surface area contributed by atoms with E-state index in [0.717, 1.165) is 0 Å². The van der Waals surface area contributed by atoms with Gasteiger partial charge in [-0.2, -0.15) is 0 Å². The van der Waals surface area contributed by atoms with E-state index in [1.54, 1.807) is 13.8 Å². The normalized spacial score (nSPS) is 14.1. The van der Waals surface area contributed by atoms with Crippen molar-refractivity contribution in [3.63, 3.8) is 0 Å². The Morgan fingerprint density at radius 1 is 1.39 bits per heavy atom. The lowest BCUT2D eigenvalue weighted by atomic mass is 10.1. The first-order chi connectivity index (χ1) is 8.36. The third kappa shape index (κ3) is 3.13. The molecule has 1 aromatic rings. The van der Waals surface area contributed by atoms with Gasteiger partial charge in [-0.05, 0) is 13.8 Å². The molecule has 0 saturated heterocycles. The van der Waals surface area contributed by atoms with Crippen molar-refractivity contribution in [1.82, 2.24) is 0 Å². The quantitative estimate of drug-likeness (QED) is 0.653. The molecule has 0 amide bonds. The molecule has 0 aliphatic rings. The van der Waals surface area contributed by atoms with E-state index in [4.69, 9.17) is 4.74 Å². The van der Waals surface area contributed by atoms with Crippen molar-refractivity contribution in [1.29, 1.82) is 0 Å². The smallest absolute Gasteiger partial charge is 0.298 e. The molecule has 0 aromatic heterocycles. The fraction of sp³-hybridized carbons (Fsp3) is 0.455. The van der Waals surface area contributed by atoms with Crippen LogP contribution in [-0.4, -0.2) is 24.2 Å². The van der Waals surface area contributed by atoms with E-state index in [1.807, 2.05) is 0 Å². The highest BCUT2D eigenvalue weighted by Gasteiger charge is 2.23. The SMILES string of the molecule is COC(C)C(C)Nc1c(F)cc(F)cc1[N+](=O)[O-]. The molecule has 5 nitrogen and oxygen atoms in total. The van der Waals surface area contributed by atoms with Crippen molar-refractivity contribution in [3.8, 4) is 0 Å². The zero-order chi connectivity index (χ0) is 13.9. The third-order valence-corrected chi connectivity index (χ3v) is 2.68. The Bertz CT molecular complexity index is 454. The summed E-state index contributed by atoms with van der Waals surface area (Å²) in [4.78, 5) is 9.91. The van der Waals surface area contributed by atoms with Crippen LogP contribution in [0.2, 0.25) is 0 Å². The number of hydrogen-bond acceptors (Lipinski definition) is 4. The molecule has 1 aromatic carbocycles. The zero-order valence-corrected chi connectivity index (χ0v) is 10.2. The molecule has 1 N–H and O–H groups in total. The van der Waals surface area contributed by atoms with Gasteiger partial charge in [-0.1, -0.05) is 0 Å². The average molecular weight is 260 g/mol. The first kappa shape index (κ1) is 14.3. The molecule has 100 valence electrons. The Labute approximate surface area is 103 Å². The van der Waals surface area contributed by atoms with E-state index in [0.29, 0.717) is 12.1 Å². The molecule has 0 spiro atoms. The van der Waals surface area contributed by atoms with E-state index in [-0.39, 0.29) is 17.8 Å². The van der Waals surface area contributed by atoms with E-state index in [9.17, 15) is 18.9 Å². The Morgan fingerprint density at radius 3 is 2.50 bits per heavy atom. The Morgan fingerprint density at radius 2 is 2.00 bits per heavy atom. The summed E-state index contributed by atoms with van der Waals surface area (Å²) in [5.74, 6) is -1.99. The molecular weight excluding hydrogens is 246 g/mol. The number of methoxy groups -OCH3 is 1. The van der Waals surface area contributed by atoms with Crippen LogP contribution in [0.1, 0.15) is 13.8 Å². The number of anilines is 1. The molecule has 0 heterocycles. The summed E-state index contributed by atoms with van der Waals surface area (Å²) in [5, 5.41) is 13.4. The highest BCUT2D eigenvalue weighted by Crippen LogP contribution is 2.29. The topological polar surface area (TPSA) is 64.4 Å². The maximum Gasteiger partial charge on any atom is 0.298 e. The Hall–Kier alpha value is -1.76. The molecule has 7 heteroatoms. The van der Waals surface area contributed by atoms with Gasteiger partial charge in [0, 0.05) is 19.2 Å². The predicted molar refractivity (Wildman–Crippen MR) is 62.6 cm³/mol. The van der Waals surface area contributed by atoms with E-state index < -0.39 is 22.2 Å². The summed E-state index contributed by atoms with van der Waals surface area (Å²) in [7, 11) is 1.47. The van der Waals surface area contributed by atoms with Gasteiger partial charge in [0.2, 0.25) is 0 Å². The molecule has 1 rings (SSSR count). The number of nitro benzene ring substituents is 1. The maximum atomic E-state index is 13.6. The van der Waals surface area contributed by atoms with Crippen molar-refractivity contribution in [2.75, 3.05) is 12.4 Å². The number of benzene rings is 1. The number of halogens is 2. The van der Waals surface area contributed by atoms with Crippen LogP contribution < -0.4 is 5.32 Å². The van der Waals surface area contributed by atoms with Crippen molar-refractivity contribution >= 4 is 11.4 Å². The van der Waals surface area contributed by atoms with E-state index >= 15 is 0 Å². The van der Waals surface area contributed by atoms with Gasteiger partial charge in [0.15, 0.2) is 5.82 Å². The first-order valence-electron chi connectivity index (χ1n) is 5.29. The molecule has 0 fully saturated rings. The van der Waals surface area contributed by atoms with Crippen molar-refractivity contribution in [3.05, 3.63) is 33.9 Å². The van der Waals surface area contributed by atoms with Gasteiger partial charge in [-0.3, -0.25) is 10.1 Å². The van der Waals surface area contributed by atoms with Crippen LogP contribution in [0.25, 0.3) is 0 Å². The maximum absolute atomic E-state index is 13.6. The molecule has 0 saturated carbocycles. The summed E-state index contributed by atoms with van der Waals surface area (Å²) in [6, 6.07) is 0.906. The van der Waals surface area contributed by atoms with Crippen molar-refractivity contribution < 1.29 is 18.4 Å². The second kappa shape index (κ2) is 5.72. The van der Waals surface area contributed by atoms with E-state index in [1.165, 1.54) is 7.11 Å². The van der Waals surface area contributed by atoms with Gasteiger partial charge in [0.25, 0.3) is 5.69 Å². The van der Waals surface area contributed by atoms with Crippen molar-refractivity contribution in [2.24, 2.45) is 0 Å². The number of hydrogen-bond donors (Lipinski definition) is 1. The minimum atomic E-state index is -1.00. The number of nitro groups is 1. The standard InChI is InChI=1S/C11H14F2N2O3/c1-6(7(2)18-3)14-11-9(13)4-8(12)5-10(11)15(16)17/h4-7,14H,1-3H3. The van der Waals surface area contributed by atoms with Gasteiger partial charge >= 0.3 is 0 Å². The molecule has 2 atom stereocenters. The molecular formula is C11H14F2N2O3. The fourth-order valence-corrected chi connectivity index (χ4v) is 1.40. The molecule has 0 aliphatic heterocycles. The summed E-state index contributed by atoms with van der Waals surface area (Å²) < 4.78 is 31.5. The number of nitrogens with zero attached hydrogens (tertiary/aromatic N) is 1. The second-order valence-electron chi connectivity index (χ2n) is 3.91. The van der Waals surface area contributed by atoms with Crippen LogP contribution in [-0.2, 0) is 4.74 Å². The van der Waals surface area contributed by atoms with Crippen LogP contribution in [0.15, 0.2) is 12.1 Å². The summed E-state index contributed by atoms with van der Waals surface area (Å²) >= 11 is 0. The van der Waals surface area contributed by atoms with Crippen LogP contribution in [0.4, 0.5) is 20.2 Å². The molecule has 0 radical (unpaired) electrons. The highest BCUT2D eigenvalue weighted by molar-refractivity contribution is 5.63. The summed E-state index contributed by atoms with van der Waals surface area (Å²) in [6.45, 7) is 3.41. The van der Waals surface area contributed by atoms with Gasteiger partial charge < -0.3 is 10.1 Å². The summed E-state index contributed by atoms with van der Waals surface area (Å²) in [6.07, 6.45) is -0.283. The fourth-order valence-electron chi connectivity index (χ4n) is 1.40. The van der Waals surface area contributed by atoms with Crippen molar-refractivity contribution in [2.45, 2.75) is 26.0 Å². The van der Waals surface area contributed by atoms with Crippen LogP contribution in [0.5, 0.6) is 0 Å². The lowest BCUT2D eigenvalue weighted by molar-refractivity contribution is -0.384. The largest absolute Gasteiger partial charge is 0.380 e. The van der Waals surface area contributed by atoms with Gasteiger partial charge in [-0.25, -0.2) is 8.78 Å². The molecule has 0 aliphatic carbocycles. The van der Waals surface area contributed by atoms with E-state index in [2.05, 4.69) is 5.32 Å². The Balaban J connectivity index is 3.11. The molecule has 2 unspecified atom stereocenters. The predicted octanol–water partition coefficient (Wildman–Crippen LogP) is 2.71. The monoisotopic (exact) mass is 260 g/mol. The Kier molecular flexibility index (Phi) is 4.55. The van der Waals surface area contributed by atoms with Crippen LogP contribution in [0, 0.1) is 21.7 Å². The molecule has 0 bridgehead atoms. The lowest BCUT2D eigenvalue weighted by Crippen LogP contribution is -2.30. The summed E-state index contributed by atoms with van der Waals surface area (Å²) in [5.41, 5.74) is -0.972. The highest BCUT2D eigenvalue weighted by atomic mass is 19.1. The van der Waals surface area contributed by atoms with Crippen LogP contribution in [0.3, 0.4) is 0 Å². The molecule has 18 heavy (non-hydrogen) atoms. The van der Waals surface area contributed by atoms with Gasteiger partial charge in [0.05, 0.1) is 17.1 Å². The zero-order valence-electron chi connectivity index (χ0n) is 10.2. The number of rotatable bonds is 5. The lowest BCUT2D eigenvalue weighted by Gasteiger charge is -2.21. The van der Waals surface area contributed by atoms with Gasteiger partial charge in [-0.15, -0.1) is 0 Å². The number of ether oxygens (including phenoxy) is 1. The minimum absolute atomic E-state index is 0.283. The third-order valence-electron chi connectivity index (χ3n) is 2.68.